The summed E-state index contributed by atoms with van der Waals surface area (Å²) in [6.07, 6.45) is 6.54. The molecule has 1 aromatic heterocycles. The van der Waals surface area contributed by atoms with Gasteiger partial charge in [-0.2, -0.15) is 0 Å². The number of benzene rings is 1. The highest BCUT2D eigenvalue weighted by atomic mass is 32.1. The molecule has 6 heteroatoms. The van der Waals surface area contributed by atoms with Crippen LogP contribution in [0.15, 0.2) is 41.3 Å². The van der Waals surface area contributed by atoms with Crippen LogP contribution in [0.5, 0.6) is 0 Å². The summed E-state index contributed by atoms with van der Waals surface area (Å²) in [4.78, 5) is 27.4. The van der Waals surface area contributed by atoms with Crippen LogP contribution in [0.3, 0.4) is 0 Å². The zero-order chi connectivity index (χ0) is 22.8. The smallest absolute Gasteiger partial charge is 0.309 e. The van der Waals surface area contributed by atoms with Crippen molar-refractivity contribution < 1.29 is 9.53 Å². The van der Waals surface area contributed by atoms with Crippen LogP contribution in [0.4, 0.5) is 0 Å². The number of ether oxygens (including phenoxy) is 1. The van der Waals surface area contributed by atoms with Crippen molar-refractivity contribution >= 4 is 18.2 Å². The van der Waals surface area contributed by atoms with Gasteiger partial charge in [-0.25, -0.2) is 0 Å². The van der Waals surface area contributed by atoms with Crippen molar-refractivity contribution in [2.75, 3.05) is 6.61 Å². The molecule has 170 valence electrons. The molecule has 0 aliphatic rings. The van der Waals surface area contributed by atoms with E-state index >= 15 is 0 Å². The second kappa shape index (κ2) is 12.6. The molecular formula is C25H36N2O3S. The molecular weight excluding hydrogens is 408 g/mol. The fourth-order valence-electron chi connectivity index (χ4n) is 3.66. The molecule has 2 rings (SSSR count). The number of hydrogen-bond acceptors (Lipinski definition) is 4. The Balaban J connectivity index is 1.76. The summed E-state index contributed by atoms with van der Waals surface area (Å²) in [6.45, 7) is 9.68. The third-order valence-electron chi connectivity index (χ3n) is 5.47. The summed E-state index contributed by atoms with van der Waals surface area (Å²) in [5.74, 6) is 0.720. The lowest BCUT2D eigenvalue weighted by Gasteiger charge is -2.21. The van der Waals surface area contributed by atoms with Crippen molar-refractivity contribution in [2.45, 2.75) is 66.3 Å². The van der Waals surface area contributed by atoms with Crippen molar-refractivity contribution in [1.82, 2.24) is 9.55 Å². The van der Waals surface area contributed by atoms with Gasteiger partial charge in [0.25, 0.3) is 5.56 Å². The van der Waals surface area contributed by atoms with E-state index in [0.29, 0.717) is 28.8 Å². The lowest BCUT2D eigenvalue weighted by Crippen LogP contribution is -2.24. The number of aromatic amines is 1. The molecule has 0 amide bonds. The molecule has 5 nitrogen and oxygen atoms in total. The minimum atomic E-state index is -0.161. The highest BCUT2D eigenvalue weighted by Gasteiger charge is 2.24. The number of hydrogen-bond donors (Lipinski definition) is 1. The number of carbonyl (C=O) groups excluding carboxylic acids is 1. The van der Waals surface area contributed by atoms with Crippen molar-refractivity contribution in [3.05, 3.63) is 51.7 Å². The number of carbonyl (C=O) groups is 1. The second-order valence-electron chi connectivity index (χ2n) is 8.92. The summed E-state index contributed by atoms with van der Waals surface area (Å²) in [7, 11) is 0. The monoisotopic (exact) mass is 444 g/mol. The van der Waals surface area contributed by atoms with Crippen LogP contribution in [-0.2, 0) is 16.1 Å². The van der Waals surface area contributed by atoms with Crippen LogP contribution in [0.2, 0.25) is 0 Å². The maximum Gasteiger partial charge on any atom is 0.309 e. The highest BCUT2D eigenvalue weighted by molar-refractivity contribution is 7.71. The quantitative estimate of drug-likeness (QED) is 0.248. The van der Waals surface area contributed by atoms with Gasteiger partial charge in [0.15, 0.2) is 4.77 Å². The van der Waals surface area contributed by atoms with E-state index in [4.69, 9.17) is 17.0 Å². The molecule has 0 bridgehead atoms. The van der Waals surface area contributed by atoms with E-state index in [2.05, 4.69) is 32.7 Å². The van der Waals surface area contributed by atoms with E-state index in [1.165, 1.54) is 0 Å². The molecule has 0 saturated carbocycles. The molecule has 1 unspecified atom stereocenters. The minimum Gasteiger partial charge on any atom is -0.465 e. The van der Waals surface area contributed by atoms with E-state index < -0.39 is 0 Å². The molecule has 1 atom stereocenters. The standard InChI is InChI=1S/C25H36N2O3S/c1-18(2)16-21(19(3)4)24(29)30-15-11-6-5-10-14-27-17-22(23(28)26-25(27)31)20-12-8-7-9-13-20/h7-9,12-13,17-19,21H,5-6,10-11,14-16H2,1-4H3,(H,26,28,31). The minimum absolute atomic E-state index is 0.0130. The largest absolute Gasteiger partial charge is 0.465 e. The first-order valence-electron chi connectivity index (χ1n) is 11.4. The van der Waals surface area contributed by atoms with Crippen LogP contribution in [0.1, 0.15) is 59.8 Å². The van der Waals surface area contributed by atoms with Gasteiger partial charge in [-0.05, 0) is 55.3 Å². The van der Waals surface area contributed by atoms with Crippen LogP contribution < -0.4 is 5.56 Å². The van der Waals surface area contributed by atoms with Gasteiger partial charge < -0.3 is 9.30 Å². The number of H-pyrrole nitrogens is 1. The van der Waals surface area contributed by atoms with Gasteiger partial charge in [0.2, 0.25) is 0 Å². The van der Waals surface area contributed by atoms with Gasteiger partial charge in [-0.15, -0.1) is 0 Å². The van der Waals surface area contributed by atoms with E-state index in [0.717, 1.165) is 44.2 Å². The van der Waals surface area contributed by atoms with Gasteiger partial charge in [-0.1, -0.05) is 64.4 Å². The Hall–Kier alpha value is -2.21. The van der Waals surface area contributed by atoms with E-state index in [9.17, 15) is 9.59 Å². The third-order valence-corrected chi connectivity index (χ3v) is 5.80. The molecule has 1 heterocycles. The van der Waals surface area contributed by atoms with Crippen LogP contribution in [0, 0.1) is 22.5 Å². The second-order valence-corrected chi connectivity index (χ2v) is 9.31. The van der Waals surface area contributed by atoms with Crippen molar-refractivity contribution in [3.8, 4) is 11.1 Å². The van der Waals surface area contributed by atoms with Gasteiger partial charge in [-0.3, -0.25) is 14.6 Å². The normalized spacial score (nSPS) is 12.3. The van der Waals surface area contributed by atoms with Crippen LogP contribution in [0.25, 0.3) is 11.1 Å². The third kappa shape index (κ3) is 8.09. The lowest BCUT2D eigenvalue weighted by atomic mass is 9.88. The van der Waals surface area contributed by atoms with Crippen LogP contribution >= 0.6 is 12.2 Å². The molecule has 0 fully saturated rings. The van der Waals surface area contributed by atoms with Crippen molar-refractivity contribution in [3.63, 3.8) is 0 Å². The average molecular weight is 445 g/mol. The number of aryl methyl sites for hydroxylation is 1. The topological polar surface area (TPSA) is 64.1 Å². The van der Waals surface area contributed by atoms with Gasteiger partial charge in [0.1, 0.15) is 0 Å². The summed E-state index contributed by atoms with van der Waals surface area (Å²) in [5.41, 5.74) is 1.35. The number of nitrogens with zero attached hydrogens (tertiary/aromatic N) is 1. The maximum absolute atomic E-state index is 12.3. The molecule has 0 aliphatic carbocycles. The number of unbranched alkanes of at least 4 members (excludes halogenated alkanes) is 3. The summed E-state index contributed by atoms with van der Waals surface area (Å²) >= 11 is 5.32. The number of nitrogens with one attached hydrogen (secondary N) is 1. The number of rotatable bonds is 12. The Morgan fingerprint density at radius 3 is 2.39 bits per heavy atom. The predicted molar refractivity (Wildman–Crippen MR) is 129 cm³/mol. The molecule has 31 heavy (non-hydrogen) atoms. The van der Waals surface area contributed by atoms with E-state index in [1.54, 1.807) is 0 Å². The number of aromatic nitrogens is 2. The number of esters is 1. The zero-order valence-corrected chi connectivity index (χ0v) is 20.0. The lowest BCUT2D eigenvalue weighted by molar-refractivity contribution is -0.151. The Labute approximate surface area is 190 Å². The molecule has 2 aromatic rings. The molecule has 1 aromatic carbocycles. The molecule has 0 radical (unpaired) electrons. The first-order valence-corrected chi connectivity index (χ1v) is 11.8. The Morgan fingerprint density at radius 1 is 1.06 bits per heavy atom. The fourth-order valence-corrected chi connectivity index (χ4v) is 3.90. The first kappa shape index (κ1) is 25.1. The van der Waals surface area contributed by atoms with Crippen molar-refractivity contribution in [2.24, 2.45) is 17.8 Å². The van der Waals surface area contributed by atoms with Crippen molar-refractivity contribution in [1.29, 1.82) is 0 Å². The Bertz CT molecular complexity index is 932. The molecule has 0 saturated heterocycles. The SMILES string of the molecule is CC(C)CC(C(=O)OCCCCCCn1cc(-c2ccccc2)c(=O)[nH]c1=S)C(C)C. The van der Waals surface area contributed by atoms with Crippen LogP contribution in [-0.4, -0.2) is 22.1 Å². The van der Waals surface area contributed by atoms with Gasteiger partial charge in [0, 0.05) is 12.7 Å². The van der Waals surface area contributed by atoms with E-state index in [-0.39, 0.29) is 17.4 Å². The summed E-state index contributed by atoms with van der Waals surface area (Å²) in [5, 5.41) is 0. The zero-order valence-electron chi connectivity index (χ0n) is 19.2. The molecule has 0 spiro atoms. The Morgan fingerprint density at radius 2 is 1.74 bits per heavy atom. The summed E-state index contributed by atoms with van der Waals surface area (Å²) in [6, 6.07) is 9.60. The highest BCUT2D eigenvalue weighted by Crippen LogP contribution is 2.22. The average Bonchev–Trinajstić information content (AvgIpc) is 2.72. The Kier molecular flexibility index (Phi) is 10.2. The molecule has 1 N–H and O–H groups in total. The van der Waals surface area contributed by atoms with Gasteiger partial charge in [0.05, 0.1) is 18.1 Å². The summed E-state index contributed by atoms with van der Waals surface area (Å²) < 4.78 is 7.90. The van der Waals surface area contributed by atoms with Gasteiger partial charge >= 0.3 is 5.97 Å². The first-order chi connectivity index (χ1) is 14.8. The van der Waals surface area contributed by atoms with E-state index in [1.807, 2.05) is 41.1 Å². The molecule has 0 aliphatic heterocycles. The maximum atomic E-state index is 12.3. The fraction of sp³-hybridized carbons (Fsp3) is 0.560. The predicted octanol–water partition coefficient (Wildman–Crippen LogP) is 5.99.